The van der Waals surface area contributed by atoms with Gasteiger partial charge in [0.15, 0.2) is 0 Å². The highest BCUT2D eigenvalue weighted by molar-refractivity contribution is 5.96. The molecule has 2 aromatic carbocycles. The Kier molecular flexibility index (Phi) is 5.72. The van der Waals surface area contributed by atoms with Crippen LogP contribution in [-0.2, 0) is 4.74 Å². The van der Waals surface area contributed by atoms with Crippen LogP contribution in [0, 0.1) is 23.1 Å². The molecule has 0 radical (unpaired) electrons. The smallest absolute Gasteiger partial charge is 0.411 e. The highest BCUT2D eigenvalue weighted by Gasteiger charge is 2.32. The zero-order valence-corrected chi connectivity index (χ0v) is 20.1. The maximum absolute atomic E-state index is 15.2. The van der Waals surface area contributed by atoms with Crippen LogP contribution < -0.4 is 10.1 Å². The van der Waals surface area contributed by atoms with Crippen LogP contribution in [0.5, 0.6) is 11.8 Å². The number of amides is 1. The minimum atomic E-state index is -0.675. The molecular formula is C28H24FN5O3. The molecule has 9 heteroatoms. The van der Waals surface area contributed by atoms with E-state index >= 15 is 4.39 Å². The first-order valence-electron chi connectivity index (χ1n) is 12.3. The Balaban J connectivity index is 1.35. The molecule has 2 aromatic heterocycles. The summed E-state index contributed by atoms with van der Waals surface area (Å²) in [5.41, 5.74) is 2.51. The Hall–Kier alpha value is -4.45. The molecule has 0 spiro atoms. The number of anilines is 1. The molecule has 1 atom stereocenters. The van der Waals surface area contributed by atoms with Gasteiger partial charge in [0, 0.05) is 35.5 Å². The number of nitrogens with zero attached hydrogens (tertiary/aromatic N) is 4. The molecule has 0 unspecified atom stereocenters. The molecule has 8 nitrogen and oxygen atoms in total. The first-order valence-corrected chi connectivity index (χ1v) is 12.3. The average Bonchev–Trinajstić information content (AvgIpc) is 3.82. The van der Waals surface area contributed by atoms with Gasteiger partial charge in [-0.15, -0.1) is 0 Å². The minimum Gasteiger partial charge on any atom is -0.446 e. The summed E-state index contributed by atoms with van der Waals surface area (Å²) in [5.74, 6) is 0.326. The lowest BCUT2D eigenvalue weighted by molar-refractivity contribution is 0.108. The van der Waals surface area contributed by atoms with Gasteiger partial charge >= 0.3 is 12.1 Å². The minimum absolute atomic E-state index is 0.0304. The number of carbonyl (C=O) groups is 1. The first kappa shape index (κ1) is 23.0. The SMILES string of the molecule is C[C@@H](OC(=O)Nc1ccc(-c2c(C#N)c3ccc(Oc4ncccn4)cc3n2C2CC2)cc1F)C1CC1. The lowest BCUT2D eigenvalue weighted by atomic mass is 10.1. The van der Waals surface area contributed by atoms with Gasteiger partial charge in [-0.05, 0) is 68.9 Å². The predicted octanol–water partition coefficient (Wildman–Crippen LogP) is 6.58. The maximum atomic E-state index is 15.2. The van der Waals surface area contributed by atoms with E-state index in [4.69, 9.17) is 9.47 Å². The van der Waals surface area contributed by atoms with Crippen LogP contribution in [-0.4, -0.2) is 26.7 Å². The van der Waals surface area contributed by atoms with Crippen LogP contribution in [0.4, 0.5) is 14.9 Å². The molecule has 37 heavy (non-hydrogen) atoms. The van der Waals surface area contributed by atoms with Crippen LogP contribution in [0.15, 0.2) is 54.9 Å². The number of fused-ring (bicyclic) bond motifs is 1. The van der Waals surface area contributed by atoms with Gasteiger partial charge in [-0.25, -0.2) is 19.2 Å². The number of hydrogen-bond acceptors (Lipinski definition) is 6. The van der Waals surface area contributed by atoms with Gasteiger partial charge in [-0.2, -0.15) is 5.26 Å². The van der Waals surface area contributed by atoms with Gasteiger partial charge in [-0.3, -0.25) is 5.32 Å². The highest BCUT2D eigenvalue weighted by Crippen LogP contribution is 2.46. The van der Waals surface area contributed by atoms with Crippen molar-refractivity contribution >= 4 is 22.7 Å². The summed E-state index contributed by atoms with van der Waals surface area (Å²) < 4.78 is 28.4. The fourth-order valence-electron chi connectivity index (χ4n) is 4.64. The molecular weight excluding hydrogens is 473 g/mol. The molecule has 6 rings (SSSR count). The quantitative estimate of drug-likeness (QED) is 0.309. The third kappa shape index (κ3) is 4.58. The molecule has 186 valence electrons. The summed E-state index contributed by atoms with van der Waals surface area (Å²) in [6, 6.07) is 14.5. The van der Waals surface area contributed by atoms with Crippen LogP contribution in [0.25, 0.3) is 22.2 Å². The monoisotopic (exact) mass is 497 g/mol. The van der Waals surface area contributed by atoms with Crippen molar-refractivity contribution < 1.29 is 18.7 Å². The van der Waals surface area contributed by atoms with E-state index in [1.165, 1.54) is 12.1 Å². The summed E-state index contributed by atoms with van der Waals surface area (Å²) in [7, 11) is 0. The summed E-state index contributed by atoms with van der Waals surface area (Å²) in [6.45, 7) is 1.85. The van der Waals surface area contributed by atoms with Crippen molar-refractivity contribution in [3.05, 3.63) is 66.2 Å². The number of nitrogens with one attached hydrogen (secondary N) is 1. The molecule has 0 bridgehead atoms. The van der Waals surface area contributed by atoms with Crippen LogP contribution in [0.2, 0.25) is 0 Å². The molecule has 0 aliphatic heterocycles. The van der Waals surface area contributed by atoms with Crippen LogP contribution >= 0.6 is 0 Å². The second-order valence-electron chi connectivity index (χ2n) is 9.52. The topological polar surface area (TPSA) is 102 Å². The molecule has 1 amide bonds. The normalized spacial score (nSPS) is 15.7. The number of halogens is 1. The number of rotatable bonds is 7. The van der Waals surface area contributed by atoms with Crippen molar-refractivity contribution in [2.75, 3.05) is 5.32 Å². The van der Waals surface area contributed by atoms with E-state index in [-0.39, 0.29) is 23.8 Å². The lowest BCUT2D eigenvalue weighted by Gasteiger charge is -2.14. The molecule has 2 saturated carbocycles. The van der Waals surface area contributed by atoms with Crippen molar-refractivity contribution in [3.63, 3.8) is 0 Å². The van der Waals surface area contributed by atoms with Gasteiger partial charge in [-0.1, -0.05) is 6.07 Å². The van der Waals surface area contributed by atoms with E-state index in [2.05, 4.69) is 25.9 Å². The Morgan fingerprint density at radius 3 is 2.62 bits per heavy atom. The summed E-state index contributed by atoms with van der Waals surface area (Å²) in [5, 5.41) is 13.3. The van der Waals surface area contributed by atoms with E-state index in [0.717, 1.165) is 36.6 Å². The standard InChI is InChI=1S/C28H24FN5O3/c1-16(17-3-4-17)36-28(35)33-24-10-5-18(13-23(24)29)26-22(15-30)21-9-8-20(37-27-31-11-2-12-32-27)14-25(21)34(26)19-6-7-19/h2,5,8-14,16-17,19H,3-4,6-7H2,1H3,(H,33,35)/t16-/m1/s1. The van der Waals surface area contributed by atoms with E-state index in [1.54, 1.807) is 30.6 Å². The molecule has 2 fully saturated rings. The second-order valence-corrected chi connectivity index (χ2v) is 9.52. The van der Waals surface area contributed by atoms with Gasteiger partial charge < -0.3 is 14.0 Å². The highest BCUT2D eigenvalue weighted by atomic mass is 19.1. The largest absolute Gasteiger partial charge is 0.446 e. The number of benzene rings is 2. The second kappa shape index (κ2) is 9.21. The van der Waals surface area contributed by atoms with Crippen LogP contribution in [0.1, 0.15) is 44.2 Å². The fourth-order valence-corrected chi connectivity index (χ4v) is 4.64. The van der Waals surface area contributed by atoms with E-state index in [0.29, 0.717) is 28.5 Å². The molecule has 1 N–H and O–H groups in total. The third-order valence-electron chi connectivity index (χ3n) is 6.81. The Labute approximate surface area is 212 Å². The molecule has 2 heterocycles. The lowest BCUT2D eigenvalue weighted by Crippen LogP contribution is -2.22. The molecule has 2 aliphatic carbocycles. The van der Waals surface area contributed by atoms with Crippen LogP contribution in [0.3, 0.4) is 0 Å². The van der Waals surface area contributed by atoms with E-state index in [9.17, 15) is 10.1 Å². The summed E-state index contributed by atoms with van der Waals surface area (Å²) >= 11 is 0. The Morgan fingerprint density at radius 2 is 1.95 bits per heavy atom. The number of carbonyl (C=O) groups excluding carboxylic acids is 1. The molecule has 2 aliphatic rings. The molecule has 4 aromatic rings. The van der Waals surface area contributed by atoms with Crippen molar-refractivity contribution in [3.8, 4) is 29.1 Å². The average molecular weight is 498 g/mol. The van der Waals surface area contributed by atoms with Gasteiger partial charge in [0.1, 0.15) is 23.7 Å². The first-order chi connectivity index (χ1) is 18.0. The van der Waals surface area contributed by atoms with Crippen molar-refractivity contribution in [1.82, 2.24) is 14.5 Å². The van der Waals surface area contributed by atoms with E-state index < -0.39 is 11.9 Å². The predicted molar refractivity (Wildman–Crippen MR) is 135 cm³/mol. The molecule has 0 saturated heterocycles. The fraction of sp³-hybridized carbons (Fsp3) is 0.286. The number of aromatic nitrogens is 3. The van der Waals surface area contributed by atoms with Gasteiger partial charge in [0.2, 0.25) is 0 Å². The number of nitriles is 1. The number of ether oxygens (including phenoxy) is 2. The van der Waals surface area contributed by atoms with Gasteiger partial charge in [0.25, 0.3) is 0 Å². The Bertz CT molecular complexity index is 1540. The Morgan fingerprint density at radius 1 is 1.16 bits per heavy atom. The zero-order valence-electron chi connectivity index (χ0n) is 20.1. The third-order valence-corrected chi connectivity index (χ3v) is 6.81. The van der Waals surface area contributed by atoms with Crippen molar-refractivity contribution in [2.45, 2.75) is 44.8 Å². The van der Waals surface area contributed by atoms with Gasteiger partial charge in [0.05, 0.1) is 22.5 Å². The maximum Gasteiger partial charge on any atom is 0.411 e. The number of hydrogen-bond donors (Lipinski definition) is 1. The summed E-state index contributed by atoms with van der Waals surface area (Å²) in [6.07, 6.45) is 6.33. The van der Waals surface area contributed by atoms with E-state index in [1.807, 2.05) is 19.1 Å². The summed E-state index contributed by atoms with van der Waals surface area (Å²) in [4.78, 5) is 20.4. The van der Waals surface area contributed by atoms with Crippen molar-refractivity contribution in [2.24, 2.45) is 5.92 Å². The zero-order chi connectivity index (χ0) is 25.5. The van der Waals surface area contributed by atoms with Crippen molar-refractivity contribution in [1.29, 1.82) is 5.26 Å².